The molecule has 0 radical (unpaired) electrons. The second-order valence-electron chi connectivity index (χ2n) is 3.49. The van der Waals surface area contributed by atoms with Gasteiger partial charge < -0.3 is 10.1 Å². The van der Waals surface area contributed by atoms with Gasteiger partial charge in [-0.2, -0.15) is 13.2 Å². The van der Waals surface area contributed by atoms with Crippen LogP contribution in [0.25, 0.3) is 0 Å². The predicted molar refractivity (Wildman–Crippen MR) is 59.1 cm³/mol. The predicted octanol–water partition coefficient (Wildman–Crippen LogP) is 1.99. The smallest absolute Gasteiger partial charge is 0.417 e. The summed E-state index contributed by atoms with van der Waals surface area (Å²) in [6.07, 6.45) is -3.42. The van der Waals surface area contributed by atoms with Crippen molar-refractivity contribution in [3.63, 3.8) is 0 Å². The molecule has 0 unspecified atom stereocenters. The molecular weight excluding hydrogens is 265 g/mol. The Balaban J connectivity index is 2.67. The first-order valence-electron chi connectivity index (χ1n) is 5.30. The van der Waals surface area contributed by atoms with E-state index in [4.69, 9.17) is 0 Å². The van der Waals surface area contributed by atoms with E-state index >= 15 is 0 Å². The molecule has 0 aromatic carbocycles. The first-order valence-corrected chi connectivity index (χ1v) is 5.30. The van der Waals surface area contributed by atoms with Crippen LogP contribution in [-0.4, -0.2) is 23.5 Å². The molecule has 8 heteroatoms. The SMILES string of the molecule is CCOC(=O)CC(=O)Nc1cncc(C(F)(F)F)c1. The molecular formula is C11H11F3N2O3. The Morgan fingerprint density at radius 2 is 2.05 bits per heavy atom. The molecule has 0 saturated carbocycles. The van der Waals surface area contributed by atoms with Gasteiger partial charge in [-0.3, -0.25) is 14.6 Å². The number of hydrogen-bond acceptors (Lipinski definition) is 4. The van der Waals surface area contributed by atoms with Crippen LogP contribution in [0.2, 0.25) is 0 Å². The summed E-state index contributed by atoms with van der Waals surface area (Å²) < 4.78 is 41.7. The number of carbonyl (C=O) groups excluding carboxylic acids is 2. The van der Waals surface area contributed by atoms with E-state index in [1.54, 1.807) is 6.92 Å². The summed E-state index contributed by atoms with van der Waals surface area (Å²) in [6, 6.07) is 0.732. The monoisotopic (exact) mass is 276 g/mol. The maximum Gasteiger partial charge on any atom is 0.417 e. The molecule has 0 fully saturated rings. The lowest BCUT2D eigenvalue weighted by atomic mass is 10.2. The van der Waals surface area contributed by atoms with Crippen molar-refractivity contribution in [1.29, 1.82) is 0 Å². The fourth-order valence-electron chi connectivity index (χ4n) is 1.21. The van der Waals surface area contributed by atoms with E-state index in [9.17, 15) is 22.8 Å². The Kier molecular flexibility index (Phi) is 4.85. The third-order valence-corrected chi connectivity index (χ3v) is 1.96. The zero-order valence-electron chi connectivity index (χ0n) is 9.95. The van der Waals surface area contributed by atoms with E-state index in [-0.39, 0.29) is 12.3 Å². The van der Waals surface area contributed by atoms with Gasteiger partial charge in [0.15, 0.2) is 0 Å². The number of carbonyl (C=O) groups is 2. The molecule has 0 aliphatic rings. The zero-order valence-corrected chi connectivity index (χ0v) is 9.95. The van der Waals surface area contributed by atoms with E-state index in [1.165, 1.54) is 0 Å². The van der Waals surface area contributed by atoms with Gasteiger partial charge in [-0.05, 0) is 13.0 Å². The van der Waals surface area contributed by atoms with E-state index in [2.05, 4.69) is 15.0 Å². The van der Waals surface area contributed by atoms with Gasteiger partial charge in [-0.1, -0.05) is 0 Å². The summed E-state index contributed by atoms with van der Waals surface area (Å²) >= 11 is 0. The Bertz CT molecular complexity index is 474. The minimum absolute atomic E-state index is 0.122. The van der Waals surface area contributed by atoms with Crippen molar-refractivity contribution in [1.82, 2.24) is 4.98 Å². The summed E-state index contributed by atoms with van der Waals surface area (Å²) in [4.78, 5) is 25.7. The van der Waals surface area contributed by atoms with Crippen LogP contribution in [-0.2, 0) is 20.5 Å². The number of amides is 1. The first-order chi connectivity index (χ1) is 8.82. The third-order valence-electron chi connectivity index (χ3n) is 1.96. The quantitative estimate of drug-likeness (QED) is 0.674. The molecule has 1 heterocycles. The van der Waals surface area contributed by atoms with Gasteiger partial charge in [0, 0.05) is 6.20 Å². The maximum atomic E-state index is 12.4. The third kappa shape index (κ3) is 4.94. The highest BCUT2D eigenvalue weighted by atomic mass is 19.4. The van der Waals surface area contributed by atoms with Gasteiger partial charge in [0.1, 0.15) is 6.42 Å². The molecule has 1 aromatic heterocycles. The van der Waals surface area contributed by atoms with Crippen molar-refractivity contribution in [2.75, 3.05) is 11.9 Å². The van der Waals surface area contributed by atoms with Crippen LogP contribution in [0.5, 0.6) is 0 Å². The molecule has 19 heavy (non-hydrogen) atoms. The fraction of sp³-hybridized carbons (Fsp3) is 0.364. The van der Waals surface area contributed by atoms with Crippen LogP contribution in [0.3, 0.4) is 0 Å². The summed E-state index contributed by atoms with van der Waals surface area (Å²) in [6.45, 7) is 1.70. The molecule has 0 spiro atoms. The number of nitrogens with one attached hydrogen (secondary N) is 1. The molecule has 0 saturated heterocycles. The van der Waals surface area contributed by atoms with E-state index in [0.29, 0.717) is 6.20 Å². The number of halogens is 3. The Morgan fingerprint density at radius 1 is 1.37 bits per heavy atom. The molecule has 1 N–H and O–H groups in total. The van der Waals surface area contributed by atoms with Crippen LogP contribution in [0.4, 0.5) is 18.9 Å². The highest BCUT2D eigenvalue weighted by Crippen LogP contribution is 2.29. The standard InChI is InChI=1S/C11H11F3N2O3/c1-2-19-10(18)4-9(17)16-8-3-7(5-15-6-8)11(12,13)14/h3,5-6H,2,4H2,1H3,(H,16,17). The molecule has 0 atom stereocenters. The maximum absolute atomic E-state index is 12.4. The Labute approximate surface area is 106 Å². The number of rotatable bonds is 4. The van der Waals surface area contributed by atoms with E-state index in [0.717, 1.165) is 12.3 Å². The molecule has 1 rings (SSSR count). The van der Waals surface area contributed by atoms with Crippen molar-refractivity contribution >= 4 is 17.6 Å². The highest BCUT2D eigenvalue weighted by molar-refractivity contribution is 6.01. The first kappa shape index (κ1) is 14.9. The van der Waals surface area contributed by atoms with E-state index < -0.39 is 30.0 Å². The second kappa shape index (κ2) is 6.17. The average Bonchev–Trinajstić information content (AvgIpc) is 2.28. The summed E-state index contributed by atoms with van der Waals surface area (Å²) in [5, 5.41) is 2.14. The van der Waals surface area contributed by atoms with Crippen LogP contribution in [0.1, 0.15) is 18.9 Å². The highest BCUT2D eigenvalue weighted by Gasteiger charge is 2.31. The number of aromatic nitrogens is 1. The minimum atomic E-state index is -4.55. The van der Waals surface area contributed by atoms with Crippen molar-refractivity contribution in [3.8, 4) is 0 Å². The number of nitrogens with zero attached hydrogens (tertiary/aromatic N) is 1. The Hall–Kier alpha value is -2.12. The number of hydrogen-bond donors (Lipinski definition) is 1. The lowest BCUT2D eigenvalue weighted by Crippen LogP contribution is -2.18. The number of esters is 1. The number of pyridine rings is 1. The van der Waals surface area contributed by atoms with Crippen molar-refractivity contribution < 1.29 is 27.5 Å². The summed E-state index contributed by atoms with van der Waals surface area (Å²) in [5.74, 6) is -1.51. The van der Waals surface area contributed by atoms with Gasteiger partial charge in [0.05, 0.1) is 24.1 Å². The molecule has 5 nitrogen and oxygen atoms in total. The van der Waals surface area contributed by atoms with Gasteiger partial charge in [-0.25, -0.2) is 0 Å². The summed E-state index contributed by atoms with van der Waals surface area (Å²) in [5.41, 5.74) is -1.12. The molecule has 0 bridgehead atoms. The lowest BCUT2D eigenvalue weighted by molar-refractivity contribution is -0.145. The van der Waals surface area contributed by atoms with Crippen LogP contribution >= 0.6 is 0 Å². The van der Waals surface area contributed by atoms with Gasteiger partial charge in [0.2, 0.25) is 5.91 Å². The zero-order chi connectivity index (χ0) is 14.5. The van der Waals surface area contributed by atoms with Gasteiger partial charge >= 0.3 is 12.1 Å². The molecule has 1 aromatic rings. The number of ether oxygens (including phenoxy) is 1. The molecule has 0 aliphatic carbocycles. The van der Waals surface area contributed by atoms with Crippen molar-refractivity contribution in [2.45, 2.75) is 19.5 Å². The molecule has 0 aliphatic heterocycles. The summed E-state index contributed by atoms with van der Waals surface area (Å²) in [7, 11) is 0. The van der Waals surface area contributed by atoms with E-state index in [1.807, 2.05) is 0 Å². The average molecular weight is 276 g/mol. The topological polar surface area (TPSA) is 68.3 Å². The normalized spacial score (nSPS) is 10.9. The van der Waals surface area contributed by atoms with Gasteiger partial charge in [-0.15, -0.1) is 0 Å². The van der Waals surface area contributed by atoms with Crippen LogP contribution in [0.15, 0.2) is 18.5 Å². The van der Waals surface area contributed by atoms with Crippen molar-refractivity contribution in [3.05, 3.63) is 24.0 Å². The minimum Gasteiger partial charge on any atom is -0.466 e. The number of anilines is 1. The molecule has 1 amide bonds. The second-order valence-corrected chi connectivity index (χ2v) is 3.49. The Morgan fingerprint density at radius 3 is 2.63 bits per heavy atom. The van der Waals surface area contributed by atoms with Gasteiger partial charge in [0.25, 0.3) is 0 Å². The fourth-order valence-corrected chi connectivity index (χ4v) is 1.21. The lowest BCUT2D eigenvalue weighted by Gasteiger charge is -2.09. The van der Waals surface area contributed by atoms with Crippen LogP contribution in [0, 0.1) is 0 Å². The number of alkyl halides is 3. The molecule has 104 valence electrons. The van der Waals surface area contributed by atoms with Crippen molar-refractivity contribution in [2.24, 2.45) is 0 Å². The van der Waals surface area contributed by atoms with Crippen LogP contribution < -0.4 is 5.32 Å². The largest absolute Gasteiger partial charge is 0.466 e.